The molecule has 0 amide bonds. The van der Waals surface area contributed by atoms with Gasteiger partial charge < -0.3 is 33.5 Å². The number of Topliss-reactive ketones (excluding diaryl/α,β-unsaturated/α-hetero) is 1. The molecule has 1 heterocycles. The highest BCUT2D eigenvalue weighted by atomic mass is 32.2. The first-order valence-corrected chi connectivity index (χ1v) is 18.6. The zero-order valence-corrected chi connectivity index (χ0v) is 30.5. The van der Waals surface area contributed by atoms with Crippen LogP contribution in [-0.2, 0) is 44.9 Å². The number of fused-ring (bicyclic) bond motifs is 2. The number of aliphatic hydroxyl groups is 1. The molecule has 7 atom stereocenters. The molecule has 2 aromatic rings. The predicted octanol–water partition coefficient (Wildman–Crippen LogP) is 5.51. The highest BCUT2D eigenvalue weighted by molar-refractivity contribution is 7.92. The number of carbonyl (C=O) groups excluding carboxylic acids is 1. The number of methoxy groups -OCH3 is 2. The number of ether oxygens (including phenoxy) is 6. The molecule has 1 unspecified atom stereocenters. The highest BCUT2D eigenvalue weighted by Crippen LogP contribution is 2.55. The zero-order valence-electron chi connectivity index (χ0n) is 29.7. The summed E-state index contributed by atoms with van der Waals surface area (Å²) >= 11 is 0. The predicted molar refractivity (Wildman–Crippen MR) is 184 cm³/mol. The Balaban J connectivity index is 1.73. The Labute approximate surface area is 291 Å². The number of sulfone groups is 1. The van der Waals surface area contributed by atoms with Gasteiger partial charge in [-0.25, -0.2) is 8.42 Å². The average molecular weight is 701 g/mol. The smallest absolute Gasteiger partial charge is 0.185 e. The molecule has 3 aliphatic rings. The number of hydrogen-bond donors (Lipinski definition) is 1. The van der Waals surface area contributed by atoms with Crippen molar-refractivity contribution in [2.45, 2.75) is 94.2 Å². The molecule has 10 nitrogen and oxygen atoms in total. The van der Waals surface area contributed by atoms with E-state index in [-0.39, 0.29) is 49.6 Å². The second-order valence-corrected chi connectivity index (χ2v) is 16.6. The summed E-state index contributed by atoms with van der Waals surface area (Å²) < 4.78 is 66.7. The fourth-order valence-electron chi connectivity index (χ4n) is 8.22. The molecule has 0 radical (unpaired) electrons. The summed E-state index contributed by atoms with van der Waals surface area (Å²) in [6.07, 6.45) is 1.57. The van der Waals surface area contributed by atoms with E-state index in [1.807, 2.05) is 30.3 Å². The van der Waals surface area contributed by atoms with E-state index in [0.29, 0.717) is 18.6 Å². The quantitative estimate of drug-likeness (QED) is 0.211. The molecular formula is C38H52O10S. The van der Waals surface area contributed by atoms with Gasteiger partial charge in [0.15, 0.2) is 21.4 Å². The third kappa shape index (κ3) is 7.40. The number of hydrogen-bond acceptors (Lipinski definition) is 10. The van der Waals surface area contributed by atoms with Crippen LogP contribution in [0.15, 0.2) is 71.1 Å². The minimum atomic E-state index is -4.13. The molecule has 49 heavy (non-hydrogen) atoms. The van der Waals surface area contributed by atoms with E-state index in [2.05, 4.69) is 13.8 Å². The third-order valence-electron chi connectivity index (χ3n) is 10.8. The highest BCUT2D eigenvalue weighted by Gasteiger charge is 2.63. The lowest BCUT2D eigenvalue weighted by molar-refractivity contribution is -0.219. The first kappa shape index (κ1) is 37.6. The van der Waals surface area contributed by atoms with E-state index in [4.69, 9.17) is 28.4 Å². The van der Waals surface area contributed by atoms with Crippen LogP contribution in [0, 0.1) is 23.2 Å². The summed E-state index contributed by atoms with van der Waals surface area (Å²) in [6, 6.07) is 15.8. The molecule has 0 aromatic heterocycles. The van der Waals surface area contributed by atoms with Crippen LogP contribution < -0.4 is 4.74 Å². The van der Waals surface area contributed by atoms with Crippen LogP contribution in [0.3, 0.4) is 0 Å². The van der Waals surface area contributed by atoms with E-state index >= 15 is 8.42 Å². The summed E-state index contributed by atoms with van der Waals surface area (Å²) in [5.41, 5.74) is -0.219. The maximum atomic E-state index is 15.0. The Bertz CT molecular complexity index is 1570. The molecule has 270 valence electrons. The first-order valence-electron chi connectivity index (χ1n) is 17.1. The van der Waals surface area contributed by atoms with Gasteiger partial charge in [0.25, 0.3) is 0 Å². The van der Waals surface area contributed by atoms with E-state index in [1.54, 1.807) is 58.2 Å². The third-order valence-corrected chi connectivity index (χ3v) is 12.9. The second-order valence-electron chi connectivity index (χ2n) is 14.5. The number of carbonyl (C=O) groups is 1. The molecular weight excluding hydrogens is 648 g/mol. The number of rotatable bonds is 13. The molecule has 2 aliphatic carbocycles. The van der Waals surface area contributed by atoms with Gasteiger partial charge >= 0.3 is 0 Å². The number of benzene rings is 2. The maximum Gasteiger partial charge on any atom is 0.185 e. The van der Waals surface area contributed by atoms with Crippen molar-refractivity contribution < 1.29 is 46.7 Å². The van der Waals surface area contributed by atoms with Crippen molar-refractivity contribution in [2.24, 2.45) is 23.2 Å². The van der Waals surface area contributed by atoms with Crippen LogP contribution in [0.1, 0.15) is 59.4 Å². The SMILES string of the molecule is COCO[C@H]1C(=O)[C@@H](C)[C@@H]([C@@]2([C@@H](CCO)OCc3ccc(OC)cc3)COC(C)(C)O2)[C@H](S(=O)(=O)c2ccccc2)C=C2CCC1C2(C)C. The number of aliphatic hydroxyl groups excluding tert-OH is 1. The maximum absolute atomic E-state index is 15.0. The van der Waals surface area contributed by atoms with Crippen molar-refractivity contribution >= 4 is 15.6 Å². The van der Waals surface area contributed by atoms with Gasteiger partial charge in [0, 0.05) is 31.5 Å². The molecule has 2 bridgehead atoms. The van der Waals surface area contributed by atoms with Crippen LogP contribution in [0.5, 0.6) is 5.75 Å². The van der Waals surface area contributed by atoms with Gasteiger partial charge in [0.05, 0.1) is 36.6 Å². The van der Waals surface area contributed by atoms with Gasteiger partial charge in [0.2, 0.25) is 0 Å². The van der Waals surface area contributed by atoms with Crippen molar-refractivity contribution in [3.63, 3.8) is 0 Å². The van der Waals surface area contributed by atoms with Gasteiger partial charge in [-0.3, -0.25) is 4.79 Å². The van der Waals surface area contributed by atoms with Crippen LogP contribution in [-0.4, -0.2) is 82.4 Å². The molecule has 0 spiro atoms. The zero-order chi connectivity index (χ0) is 35.6. The molecule has 2 fully saturated rings. The van der Waals surface area contributed by atoms with Crippen LogP contribution in [0.2, 0.25) is 0 Å². The minimum Gasteiger partial charge on any atom is -0.497 e. The lowest BCUT2D eigenvalue weighted by Crippen LogP contribution is -2.61. The monoisotopic (exact) mass is 700 g/mol. The Morgan fingerprint density at radius 1 is 1.02 bits per heavy atom. The molecule has 5 rings (SSSR count). The first-order chi connectivity index (χ1) is 23.2. The topological polar surface area (TPSA) is 127 Å². The van der Waals surface area contributed by atoms with Crippen molar-refractivity contribution in [2.75, 3.05) is 34.2 Å². The van der Waals surface area contributed by atoms with Gasteiger partial charge in [-0.15, -0.1) is 0 Å². The van der Waals surface area contributed by atoms with Crippen molar-refractivity contribution in [3.05, 3.63) is 71.8 Å². The summed E-state index contributed by atoms with van der Waals surface area (Å²) in [7, 11) is -1.02. The summed E-state index contributed by atoms with van der Waals surface area (Å²) in [4.78, 5) is 15.1. The fourth-order valence-corrected chi connectivity index (χ4v) is 10.3. The van der Waals surface area contributed by atoms with Gasteiger partial charge in [-0.1, -0.05) is 62.8 Å². The molecule has 1 N–H and O–H groups in total. The lowest BCUT2D eigenvalue weighted by Gasteiger charge is -2.47. The van der Waals surface area contributed by atoms with E-state index in [9.17, 15) is 9.90 Å². The molecule has 1 aliphatic heterocycles. The van der Waals surface area contributed by atoms with Crippen LogP contribution >= 0.6 is 0 Å². The Morgan fingerprint density at radius 3 is 2.31 bits per heavy atom. The van der Waals surface area contributed by atoms with E-state index in [0.717, 1.165) is 11.1 Å². The molecule has 1 saturated heterocycles. The van der Waals surface area contributed by atoms with E-state index in [1.165, 1.54) is 7.11 Å². The fraction of sp³-hybridized carbons (Fsp3) is 0.605. The Kier molecular flexibility index (Phi) is 11.4. The van der Waals surface area contributed by atoms with Gasteiger partial charge in [-0.05, 0) is 68.4 Å². The summed E-state index contributed by atoms with van der Waals surface area (Å²) in [5.74, 6) is -2.78. The Morgan fingerprint density at radius 2 is 1.71 bits per heavy atom. The van der Waals surface area contributed by atoms with Gasteiger partial charge in [-0.2, -0.15) is 0 Å². The van der Waals surface area contributed by atoms with Crippen molar-refractivity contribution in [1.29, 1.82) is 0 Å². The standard InChI is InChI=1S/C38H52O10S/c1-25-33(38(23-47-37(4,5)48-38)32(19-20-39)45-22-26-13-16-28(44-7)17-14-26)31(49(41,42)29-11-9-8-10-12-29)21-27-15-18-30(36(27,2)3)35(34(25)40)46-24-43-6/h8-14,16-17,21,25,30-33,35,39H,15,18-20,22-24H2,1-7H3/t25-,30?,31+,32+,33+,35+,38-/m0/s1. The molecule has 1 saturated carbocycles. The number of ketones is 1. The minimum absolute atomic E-state index is 0.0596. The van der Waals surface area contributed by atoms with Gasteiger partial charge in [0.1, 0.15) is 24.2 Å². The normalized spacial score (nSPS) is 30.2. The van der Waals surface area contributed by atoms with Crippen molar-refractivity contribution in [1.82, 2.24) is 0 Å². The average Bonchev–Trinajstić information content (AvgIpc) is 3.57. The van der Waals surface area contributed by atoms with Crippen LogP contribution in [0.25, 0.3) is 0 Å². The number of allylic oxidation sites excluding steroid dienone is 1. The molecule has 2 aromatic carbocycles. The summed E-state index contributed by atoms with van der Waals surface area (Å²) in [5, 5.41) is 9.24. The largest absolute Gasteiger partial charge is 0.497 e. The van der Waals surface area contributed by atoms with E-state index < -0.39 is 55.9 Å². The second kappa shape index (κ2) is 14.9. The van der Waals surface area contributed by atoms with Crippen LogP contribution in [0.4, 0.5) is 0 Å². The lowest BCUT2D eigenvalue weighted by atomic mass is 9.69. The molecule has 11 heteroatoms. The summed E-state index contributed by atoms with van der Waals surface area (Å²) in [6.45, 7) is 9.16. The Hall–Kier alpha value is -2.64. The van der Waals surface area contributed by atoms with Crippen molar-refractivity contribution in [3.8, 4) is 5.75 Å².